The zero-order chi connectivity index (χ0) is 23.1. The molecule has 0 saturated carbocycles. The number of hydrogen-bond donors (Lipinski definition) is 3. The van der Waals surface area contributed by atoms with E-state index in [2.05, 4.69) is 16.0 Å². The van der Waals surface area contributed by atoms with Crippen molar-refractivity contribution in [1.82, 2.24) is 16.0 Å². The van der Waals surface area contributed by atoms with E-state index >= 15 is 0 Å². The molecule has 0 unspecified atom stereocenters. The Morgan fingerprint density at radius 1 is 1.19 bits per heavy atom. The van der Waals surface area contributed by atoms with Crippen molar-refractivity contribution in [3.05, 3.63) is 52.7 Å². The minimum absolute atomic E-state index is 0.237. The molecule has 1 aromatic heterocycles. The SMILES string of the molecule is COC(=O)[C@H]1N[C@@H]([C@@H](NC(=O)COc2ccccc2)C(=O)NCc2ccsc2)SC1(C)C. The van der Waals surface area contributed by atoms with Crippen LogP contribution in [-0.2, 0) is 25.7 Å². The highest BCUT2D eigenvalue weighted by Crippen LogP contribution is 2.39. The standard InChI is InChI=1S/C22H27N3O5S2/c1-22(2)18(21(28)29-3)25-20(32-22)17(19(27)23-11-14-9-10-31-13-14)24-16(26)12-30-15-7-5-4-6-8-15/h4-10,13,17-18,20,25H,11-12H2,1-3H3,(H,23,27)(H,24,26)/t17-,18+,20+/m0/s1. The summed E-state index contributed by atoms with van der Waals surface area (Å²) in [7, 11) is 1.33. The zero-order valence-corrected chi connectivity index (χ0v) is 19.8. The second kappa shape index (κ2) is 10.8. The number of carbonyl (C=O) groups is 3. The number of benzene rings is 1. The molecular formula is C22H27N3O5S2. The number of thiophene rings is 1. The predicted octanol–water partition coefficient (Wildman–Crippen LogP) is 1.91. The van der Waals surface area contributed by atoms with Gasteiger partial charge in [0.2, 0.25) is 5.91 Å². The van der Waals surface area contributed by atoms with Crippen LogP contribution in [0.5, 0.6) is 5.75 Å². The average Bonchev–Trinajstić information content (AvgIpc) is 3.41. The van der Waals surface area contributed by atoms with E-state index in [1.165, 1.54) is 18.9 Å². The molecule has 0 spiro atoms. The number of nitrogens with one attached hydrogen (secondary N) is 3. The molecule has 3 rings (SSSR count). The molecule has 1 saturated heterocycles. The molecule has 2 heterocycles. The maximum atomic E-state index is 13.1. The van der Waals surface area contributed by atoms with Crippen molar-refractivity contribution in [2.24, 2.45) is 0 Å². The summed E-state index contributed by atoms with van der Waals surface area (Å²) < 4.78 is 9.87. The summed E-state index contributed by atoms with van der Waals surface area (Å²) in [4.78, 5) is 37.9. The highest BCUT2D eigenvalue weighted by molar-refractivity contribution is 8.01. The van der Waals surface area contributed by atoms with Crippen LogP contribution in [0.1, 0.15) is 19.4 Å². The lowest BCUT2D eigenvalue weighted by Crippen LogP contribution is -2.57. The molecule has 1 aromatic carbocycles. The van der Waals surface area contributed by atoms with Gasteiger partial charge in [0.25, 0.3) is 5.91 Å². The Labute approximate surface area is 195 Å². The van der Waals surface area contributed by atoms with Crippen molar-refractivity contribution in [1.29, 1.82) is 0 Å². The smallest absolute Gasteiger partial charge is 0.324 e. The molecule has 0 radical (unpaired) electrons. The van der Waals surface area contributed by atoms with Crippen molar-refractivity contribution < 1.29 is 23.9 Å². The summed E-state index contributed by atoms with van der Waals surface area (Å²) in [6, 6.07) is 9.34. The minimum Gasteiger partial charge on any atom is -0.484 e. The third-order valence-electron chi connectivity index (χ3n) is 4.96. The Balaban J connectivity index is 1.69. The molecule has 32 heavy (non-hydrogen) atoms. The number of methoxy groups -OCH3 is 1. The number of hydrogen-bond acceptors (Lipinski definition) is 8. The first kappa shape index (κ1) is 24.1. The van der Waals surface area contributed by atoms with E-state index in [9.17, 15) is 14.4 Å². The number of carbonyl (C=O) groups excluding carboxylic acids is 3. The van der Waals surface area contributed by atoms with E-state index < -0.39 is 34.1 Å². The van der Waals surface area contributed by atoms with Crippen LogP contribution in [0, 0.1) is 0 Å². The number of rotatable bonds is 9. The number of ether oxygens (including phenoxy) is 2. The largest absolute Gasteiger partial charge is 0.484 e. The molecule has 8 nitrogen and oxygen atoms in total. The highest BCUT2D eigenvalue weighted by atomic mass is 32.2. The molecule has 0 aliphatic carbocycles. The van der Waals surface area contributed by atoms with Crippen molar-refractivity contribution in [3.8, 4) is 5.75 Å². The van der Waals surface area contributed by atoms with E-state index in [0.717, 1.165) is 5.56 Å². The second-order valence-corrected chi connectivity index (χ2v) is 10.3. The Morgan fingerprint density at radius 2 is 1.94 bits per heavy atom. The first-order valence-electron chi connectivity index (χ1n) is 10.1. The summed E-state index contributed by atoms with van der Waals surface area (Å²) in [5.41, 5.74) is 0.973. The Morgan fingerprint density at radius 3 is 2.59 bits per heavy atom. The van der Waals surface area contributed by atoms with Crippen molar-refractivity contribution in [3.63, 3.8) is 0 Å². The highest BCUT2D eigenvalue weighted by Gasteiger charge is 2.49. The van der Waals surface area contributed by atoms with Crippen LogP contribution in [0.15, 0.2) is 47.2 Å². The van der Waals surface area contributed by atoms with E-state index in [-0.39, 0.29) is 12.5 Å². The van der Waals surface area contributed by atoms with Crippen molar-refractivity contribution >= 4 is 40.9 Å². The van der Waals surface area contributed by atoms with Gasteiger partial charge in [0.15, 0.2) is 6.61 Å². The molecule has 10 heteroatoms. The number of thioether (sulfide) groups is 1. The molecular weight excluding hydrogens is 450 g/mol. The summed E-state index contributed by atoms with van der Waals surface area (Å²) >= 11 is 2.95. The van der Waals surface area contributed by atoms with Gasteiger partial charge in [0, 0.05) is 11.3 Å². The zero-order valence-electron chi connectivity index (χ0n) is 18.1. The van der Waals surface area contributed by atoms with Gasteiger partial charge in [-0.25, -0.2) is 0 Å². The molecule has 1 aliphatic heterocycles. The molecule has 1 aliphatic rings. The first-order chi connectivity index (χ1) is 15.3. The summed E-state index contributed by atoms with van der Waals surface area (Å²) in [6.45, 7) is 3.90. The lowest BCUT2D eigenvalue weighted by molar-refractivity contribution is -0.143. The van der Waals surface area contributed by atoms with E-state index in [4.69, 9.17) is 9.47 Å². The lowest BCUT2D eigenvalue weighted by Gasteiger charge is -2.24. The van der Waals surface area contributed by atoms with Crippen LogP contribution >= 0.6 is 23.1 Å². The van der Waals surface area contributed by atoms with Crippen LogP contribution in [0.3, 0.4) is 0 Å². The van der Waals surface area contributed by atoms with Crippen LogP contribution in [0.2, 0.25) is 0 Å². The first-order valence-corrected chi connectivity index (χ1v) is 11.9. The number of amides is 2. The molecule has 3 atom stereocenters. The quantitative estimate of drug-likeness (QED) is 0.474. The van der Waals surface area contributed by atoms with Gasteiger partial charge in [-0.3, -0.25) is 19.7 Å². The van der Waals surface area contributed by atoms with Crippen molar-refractivity contribution in [2.45, 2.75) is 42.6 Å². The molecule has 0 bridgehead atoms. The van der Waals surface area contributed by atoms with Gasteiger partial charge < -0.3 is 20.1 Å². The summed E-state index contributed by atoms with van der Waals surface area (Å²) in [5, 5.41) is 12.1. The maximum Gasteiger partial charge on any atom is 0.324 e. The third kappa shape index (κ3) is 6.24. The van der Waals surface area contributed by atoms with E-state index in [1.807, 2.05) is 48.9 Å². The normalized spacial score (nSPS) is 20.2. The summed E-state index contributed by atoms with van der Waals surface area (Å²) in [5.74, 6) is -0.649. The third-order valence-corrected chi connectivity index (χ3v) is 7.19. The molecule has 172 valence electrons. The molecule has 2 aromatic rings. The second-order valence-electron chi connectivity index (χ2n) is 7.76. The van der Waals surface area contributed by atoms with Gasteiger partial charge in [0.1, 0.15) is 17.8 Å². The number of para-hydroxylation sites is 1. The van der Waals surface area contributed by atoms with Crippen LogP contribution in [-0.4, -0.2) is 53.7 Å². The Bertz CT molecular complexity index is 921. The minimum atomic E-state index is -0.917. The average molecular weight is 478 g/mol. The fourth-order valence-electron chi connectivity index (χ4n) is 3.28. The fourth-order valence-corrected chi connectivity index (χ4v) is 5.44. The van der Waals surface area contributed by atoms with E-state index in [0.29, 0.717) is 12.3 Å². The van der Waals surface area contributed by atoms with Gasteiger partial charge in [-0.15, -0.1) is 11.8 Å². The lowest BCUT2D eigenvalue weighted by atomic mass is 10.0. The van der Waals surface area contributed by atoms with Gasteiger partial charge in [-0.1, -0.05) is 18.2 Å². The van der Waals surface area contributed by atoms with Gasteiger partial charge in [0.05, 0.1) is 12.5 Å². The van der Waals surface area contributed by atoms with Crippen LogP contribution in [0.4, 0.5) is 0 Å². The molecule has 1 fully saturated rings. The maximum absolute atomic E-state index is 13.1. The van der Waals surface area contributed by atoms with E-state index in [1.54, 1.807) is 23.5 Å². The fraction of sp³-hybridized carbons (Fsp3) is 0.409. The topological polar surface area (TPSA) is 106 Å². The monoisotopic (exact) mass is 477 g/mol. The number of esters is 1. The van der Waals surface area contributed by atoms with Crippen LogP contribution < -0.4 is 20.7 Å². The predicted molar refractivity (Wildman–Crippen MR) is 124 cm³/mol. The van der Waals surface area contributed by atoms with Crippen molar-refractivity contribution in [2.75, 3.05) is 13.7 Å². The van der Waals surface area contributed by atoms with Crippen LogP contribution in [0.25, 0.3) is 0 Å². The molecule has 2 amide bonds. The van der Waals surface area contributed by atoms with Gasteiger partial charge in [-0.05, 0) is 48.4 Å². The Kier molecular flexibility index (Phi) is 8.16. The summed E-state index contributed by atoms with van der Waals surface area (Å²) in [6.07, 6.45) is 0. The molecule has 3 N–H and O–H groups in total. The Hall–Kier alpha value is -2.56. The van der Waals surface area contributed by atoms with Gasteiger partial charge >= 0.3 is 5.97 Å². The van der Waals surface area contributed by atoms with Gasteiger partial charge in [-0.2, -0.15) is 11.3 Å².